The molecular formula is C11H19NO3. The van der Waals surface area contributed by atoms with Crippen LogP contribution in [0.3, 0.4) is 0 Å². The summed E-state index contributed by atoms with van der Waals surface area (Å²) in [5.41, 5.74) is 0. The third-order valence-electron chi connectivity index (χ3n) is 3.58. The third kappa shape index (κ3) is 3.09. The van der Waals surface area contributed by atoms with Gasteiger partial charge in [0.1, 0.15) is 0 Å². The summed E-state index contributed by atoms with van der Waals surface area (Å²) in [5.74, 6) is 1.07. The van der Waals surface area contributed by atoms with Gasteiger partial charge in [-0.05, 0) is 5.92 Å². The van der Waals surface area contributed by atoms with Crippen LogP contribution in [-0.4, -0.2) is 30.5 Å². The maximum Gasteiger partial charge on any atom is 0.404 e. The topological polar surface area (TPSA) is 61.9 Å². The molecule has 0 aromatic carbocycles. The second-order valence-corrected chi connectivity index (χ2v) is 4.62. The second kappa shape index (κ2) is 4.84. The van der Waals surface area contributed by atoms with E-state index < -0.39 is 6.09 Å². The van der Waals surface area contributed by atoms with Crippen LogP contribution in [0.5, 0.6) is 0 Å². The lowest BCUT2D eigenvalue weighted by atomic mass is 9.78. The number of carboxylic acid groups (broad SMARTS) is 1. The van der Waals surface area contributed by atoms with Gasteiger partial charge in [0.2, 0.25) is 0 Å². The molecule has 1 aliphatic carbocycles. The summed E-state index contributed by atoms with van der Waals surface area (Å²) < 4.78 is 5.32. The van der Waals surface area contributed by atoms with Crippen molar-refractivity contribution in [2.75, 3.05) is 13.2 Å². The molecule has 1 saturated heterocycles. The summed E-state index contributed by atoms with van der Waals surface area (Å²) in [6.07, 6.45) is 5.80. The molecule has 0 spiro atoms. The van der Waals surface area contributed by atoms with Crippen LogP contribution in [-0.2, 0) is 4.74 Å². The third-order valence-corrected chi connectivity index (χ3v) is 3.58. The van der Waals surface area contributed by atoms with Gasteiger partial charge in [-0.1, -0.05) is 32.1 Å². The molecule has 86 valence electrons. The quantitative estimate of drug-likeness (QED) is 0.700. The van der Waals surface area contributed by atoms with E-state index in [1.165, 1.54) is 32.1 Å². The first-order chi connectivity index (χ1) is 7.27. The predicted molar refractivity (Wildman–Crippen MR) is 55.8 cm³/mol. The Balaban J connectivity index is 1.83. The lowest BCUT2D eigenvalue weighted by Crippen LogP contribution is -2.35. The van der Waals surface area contributed by atoms with Crippen LogP contribution >= 0.6 is 0 Å². The maximum absolute atomic E-state index is 10.5. The number of hydrogen-bond donors (Lipinski definition) is 2. The van der Waals surface area contributed by atoms with Crippen molar-refractivity contribution < 1.29 is 14.6 Å². The van der Waals surface area contributed by atoms with Crippen molar-refractivity contribution in [3.8, 4) is 0 Å². The molecule has 2 atom stereocenters. The number of carbonyl (C=O) groups is 1. The number of nitrogens with one attached hydrogen (secondary N) is 1. The van der Waals surface area contributed by atoms with E-state index in [4.69, 9.17) is 9.84 Å². The Labute approximate surface area is 90.0 Å². The molecule has 2 aliphatic rings. The highest BCUT2D eigenvalue weighted by atomic mass is 16.6. The number of hydrogen-bond acceptors (Lipinski definition) is 2. The summed E-state index contributed by atoms with van der Waals surface area (Å²) in [5, 5.41) is 11.1. The van der Waals surface area contributed by atoms with Crippen LogP contribution in [0.4, 0.5) is 4.79 Å². The Morgan fingerprint density at radius 2 is 2.07 bits per heavy atom. The van der Waals surface area contributed by atoms with Crippen LogP contribution in [0.25, 0.3) is 0 Å². The molecule has 1 heterocycles. The van der Waals surface area contributed by atoms with Gasteiger partial charge in [-0.15, -0.1) is 0 Å². The van der Waals surface area contributed by atoms with E-state index in [2.05, 4.69) is 5.32 Å². The number of rotatable bonds is 4. The average Bonchev–Trinajstić information content (AvgIpc) is 3.03. The molecule has 1 aliphatic heterocycles. The lowest BCUT2D eigenvalue weighted by Gasteiger charge is -2.29. The lowest BCUT2D eigenvalue weighted by molar-refractivity contribution is 0.172. The fourth-order valence-corrected chi connectivity index (χ4v) is 2.67. The first-order valence-corrected chi connectivity index (χ1v) is 5.86. The van der Waals surface area contributed by atoms with Crippen LogP contribution in [0.15, 0.2) is 0 Å². The molecule has 2 rings (SSSR count). The van der Waals surface area contributed by atoms with Crippen molar-refractivity contribution in [3.05, 3.63) is 0 Å². The monoisotopic (exact) mass is 213 g/mol. The molecular weight excluding hydrogens is 194 g/mol. The van der Waals surface area contributed by atoms with Gasteiger partial charge in [-0.3, -0.25) is 0 Å². The van der Waals surface area contributed by atoms with Gasteiger partial charge in [-0.2, -0.15) is 0 Å². The van der Waals surface area contributed by atoms with Gasteiger partial charge < -0.3 is 15.2 Å². The number of ether oxygens (including phenoxy) is 1. The van der Waals surface area contributed by atoms with E-state index in [-0.39, 0.29) is 0 Å². The highest BCUT2D eigenvalue weighted by molar-refractivity contribution is 5.64. The molecule has 1 saturated carbocycles. The fourth-order valence-electron chi connectivity index (χ4n) is 2.67. The molecule has 0 radical (unpaired) electrons. The molecule has 2 N–H and O–H groups in total. The van der Waals surface area contributed by atoms with Gasteiger partial charge in [0.15, 0.2) is 0 Å². The van der Waals surface area contributed by atoms with Crippen molar-refractivity contribution in [1.29, 1.82) is 0 Å². The number of epoxide rings is 1. The second-order valence-electron chi connectivity index (χ2n) is 4.62. The molecule has 1 amide bonds. The van der Waals surface area contributed by atoms with E-state index in [0.29, 0.717) is 24.5 Å². The van der Waals surface area contributed by atoms with Crippen molar-refractivity contribution in [3.63, 3.8) is 0 Å². The summed E-state index contributed by atoms with van der Waals surface area (Å²) in [4.78, 5) is 10.5. The SMILES string of the molecule is O=C(O)NC[C@@H](C1CCCCC1)[C@@H]1CO1. The van der Waals surface area contributed by atoms with Gasteiger partial charge in [-0.25, -0.2) is 4.79 Å². The van der Waals surface area contributed by atoms with E-state index in [0.717, 1.165) is 6.61 Å². The highest BCUT2D eigenvalue weighted by Crippen LogP contribution is 2.36. The molecule has 15 heavy (non-hydrogen) atoms. The highest BCUT2D eigenvalue weighted by Gasteiger charge is 2.38. The van der Waals surface area contributed by atoms with Gasteiger partial charge in [0, 0.05) is 12.5 Å². The van der Waals surface area contributed by atoms with Crippen molar-refractivity contribution in [2.24, 2.45) is 11.8 Å². The molecule has 0 aromatic rings. The Hall–Kier alpha value is -0.770. The molecule has 0 unspecified atom stereocenters. The largest absolute Gasteiger partial charge is 0.465 e. The van der Waals surface area contributed by atoms with Crippen molar-refractivity contribution >= 4 is 6.09 Å². The maximum atomic E-state index is 10.5. The van der Waals surface area contributed by atoms with Gasteiger partial charge >= 0.3 is 6.09 Å². The zero-order valence-corrected chi connectivity index (χ0v) is 8.95. The summed E-state index contributed by atoms with van der Waals surface area (Å²) in [6, 6.07) is 0. The van der Waals surface area contributed by atoms with Crippen molar-refractivity contribution in [2.45, 2.75) is 38.2 Å². The molecule has 4 nitrogen and oxygen atoms in total. The Morgan fingerprint density at radius 3 is 2.60 bits per heavy atom. The van der Waals surface area contributed by atoms with Crippen LogP contribution in [0, 0.1) is 11.8 Å². The standard InChI is InChI=1S/C11H19NO3/c13-11(14)12-6-9(10-7-15-10)8-4-2-1-3-5-8/h8-10,12H,1-7H2,(H,13,14)/t9-,10-/m0/s1. The Kier molecular flexibility index (Phi) is 3.46. The van der Waals surface area contributed by atoms with E-state index >= 15 is 0 Å². The smallest absolute Gasteiger partial charge is 0.404 e. The minimum Gasteiger partial charge on any atom is -0.465 e. The predicted octanol–water partition coefficient (Wildman–Crippen LogP) is 1.85. The zero-order chi connectivity index (χ0) is 10.7. The van der Waals surface area contributed by atoms with E-state index in [1.807, 2.05) is 0 Å². The number of amides is 1. The minimum atomic E-state index is -0.920. The molecule has 4 heteroatoms. The zero-order valence-electron chi connectivity index (χ0n) is 8.95. The van der Waals surface area contributed by atoms with Crippen LogP contribution in [0.1, 0.15) is 32.1 Å². The van der Waals surface area contributed by atoms with Gasteiger partial charge in [0.05, 0.1) is 12.7 Å². The average molecular weight is 213 g/mol. The summed E-state index contributed by atoms with van der Waals surface area (Å²) >= 11 is 0. The van der Waals surface area contributed by atoms with Gasteiger partial charge in [0.25, 0.3) is 0 Å². The summed E-state index contributed by atoms with van der Waals surface area (Å²) in [6.45, 7) is 1.38. The molecule has 0 aromatic heterocycles. The minimum absolute atomic E-state index is 0.319. The molecule has 0 bridgehead atoms. The van der Waals surface area contributed by atoms with E-state index in [1.54, 1.807) is 0 Å². The first kappa shape index (κ1) is 10.7. The fraction of sp³-hybridized carbons (Fsp3) is 0.909. The Morgan fingerprint density at radius 1 is 1.40 bits per heavy atom. The molecule has 2 fully saturated rings. The Bertz CT molecular complexity index is 222. The summed E-state index contributed by atoms with van der Waals surface area (Å²) in [7, 11) is 0. The van der Waals surface area contributed by atoms with Crippen LogP contribution in [0.2, 0.25) is 0 Å². The van der Waals surface area contributed by atoms with E-state index in [9.17, 15) is 4.79 Å². The normalized spacial score (nSPS) is 28.4. The first-order valence-electron chi connectivity index (χ1n) is 5.86. The van der Waals surface area contributed by atoms with Crippen LogP contribution < -0.4 is 5.32 Å². The van der Waals surface area contributed by atoms with Crippen molar-refractivity contribution in [1.82, 2.24) is 5.32 Å².